The van der Waals surface area contributed by atoms with E-state index in [1.165, 1.54) is 0 Å². The summed E-state index contributed by atoms with van der Waals surface area (Å²) >= 11 is 0. The van der Waals surface area contributed by atoms with Crippen LogP contribution in [-0.4, -0.2) is 31.9 Å². The number of nitrogens with zero attached hydrogens (tertiary/aromatic N) is 4. The number of aliphatic hydroxyl groups excluding tert-OH is 1. The number of aryl methyl sites for hydroxylation is 1. The lowest BCUT2D eigenvalue weighted by Crippen LogP contribution is -2.06. The van der Waals surface area contributed by atoms with Crippen LogP contribution in [0.5, 0.6) is 0 Å². The van der Waals surface area contributed by atoms with E-state index in [0.717, 1.165) is 11.1 Å². The Labute approximate surface area is 87.4 Å². The van der Waals surface area contributed by atoms with Crippen LogP contribution in [0.25, 0.3) is 11.4 Å². The quantitative estimate of drug-likeness (QED) is 0.797. The summed E-state index contributed by atoms with van der Waals surface area (Å²) in [5, 5.41) is 20.2. The standard InChI is InChI=1S/C10H12N4O/c1-8-4-2-3-5-9(8)10-11-12-13-14(10)6-7-15/h2-5,15H,6-7H2,1H3. The summed E-state index contributed by atoms with van der Waals surface area (Å²) in [6, 6.07) is 7.89. The van der Waals surface area contributed by atoms with E-state index < -0.39 is 0 Å². The van der Waals surface area contributed by atoms with Gasteiger partial charge in [0.2, 0.25) is 0 Å². The van der Waals surface area contributed by atoms with Crippen molar-refractivity contribution in [3.63, 3.8) is 0 Å². The van der Waals surface area contributed by atoms with Gasteiger partial charge in [0.25, 0.3) is 0 Å². The van der Waals surface area contributed by atoms with Crippen LogP contribution in [0.2, 0.25) is 0 Å². The van der Waals surface area contributed by atoms with Crippen molar-refractivity contribution in [2.45, 2.75) is 13.5 Å². The second-order valence-corrected chi connectivity index (χ2v) is 3.26. The van der Waals surface area contributed by atoms with Gasteiger partial charge >= 0.3 is 0 Å². The summed E-state index contributed by atoms with van der Waals surface area (Å²) in [7, 11) is 0. The smallest absolute Gasteiger partial charge is 0.182 e. The average molecular weight is 204 g/mol. The molecule has 1 aromatic carbocycles. The monoisotopic (exact) mass is 204 g/mol. The Balaban J connectivity index is 2.45. The number of aliphatic hydroxyl groups is 1. The Morgan fingerprint density at radius 2 is 2.13 bits per heavy atom. The molecule has 0 fully saturated rings. The van der Waals surface area contributed by atoms with E-state index in [4.69, 9.17) is 5.11 Å². The molecule has 2 rings (SSSR count). The van der Waals surface area contributed by atoms with Gasteiger partial charge in [-0.05, 0) is 22.9 Å². The first kappa shape index (κ1) is 9.79. The SMILES string of the molecule is Cc1ccccc1-c1nnnn1CCO. The molecule has 1 heterocycles. The van der Waals surface area contributed by atoms with Gasteiger partial charge in [-0.25, -0.2) is 4.68 Å². The molecule has 1 aromatic heterocycles. The molecule has 1 N–H and O–H groups in total. The average Bonchev–Trinajstić information content (AvgIpc) is 2.67. The molecule has 2 aromatic rings. The van der Waals surface area contributed by atoms with Gasteiger partial charge in [-0.3, -0.25) is 0 Å². The predicted octanol–water partition coefficient (Wildman–Crippen LogP) is 0.641. The van der Waals surface area contributed by atoms with Crippen LogP contribution in [-0.2, 0) is 6.54 Å². The van der Waals surface area contributed by atoms with E-state index in [1.807, 2.05) is 31.2 Å². The lowest BCUT2D eigenvalue weighted by atomic mass is 10.1. The van der Waals surface area contributed by atoms with E-state index in [2.05, 4.69) is 15.5 Å². The molecule has 0 spiro atoms. The maximum Gasteiger partial charge on any atom is 0.182 e. The molecule has 5 nitrogen and oxygen atoms in total. The zero-order valence-corrected chi connectivity index (χ0v) is 8.46. The maximum atomic E-state index is 8.86. The molecule has 0 aliphatic rings. The molecule has 0 aliphatic carbocycles. The lowest BCUT2D eigenvalue weighted by Gasteiger charge is -2.04. The van der Waals surface area contributed by atoms with E-state index in [1.54, 1.807) is 4.68 Å². The molecule has 0 saturated heterocycles. The van der Waals surface area contributed by atoms with Crippen LogP contribution >= 0.6 is 0 Å². The van der Waals surface area contributed by atoms with Gasteiger partial charge in [-0.15, -0.1) is 5.10 Å². The van der Waals surface area contributed by atoms with Gasteiger partial charge in [0.15, 0.2) is 5.82 Å². The van der Waals surface area contributed by atoms with Crippen molar-refractivity contribution in [1.29, 1.82) is 0 Å². The number of hydrogen-bond donors (Lipinski definition) is 1. The summed E-state index contributed by atoms with van der Waals surface area (Å²) in [5.74, 6) is 0.696. The van der Waals surface area contributed by atoms with Gasteiger partial charge in [-0.1, -0.05) is 24.3 Å². The molecule has 78 valence electrons. The molecule has 15 heavy (non-hydrogen) atoms. The van der Waals surface area contributed by atoms with Crippen LogP contribution < -0.4 is 0 Å². The second-order valence-electron chi connectivity index (χ2n) is 3.26. The predicted molar refractivity (Wildman–Crippen MR) is 55.1 cm³/mol. The number of tetrazole rings is 1. The summed E-state index contributed by atoms with van der Waals surface area (Å²) in [6.45, 7) is 2.45. The fourth-order valence-corrected chi connectivity index (χ4v) is 1.47. The van der Waals surface area contributed by atoms with Crippen molar-refractivity contribution in [1.82, 2.24) is 20.2 Å². The van der Waals surface area contributed by atoms with Crippen LogP contribution in [0.15, 0.2) is 24.3 Å². The van der Waals surface area contributed by atoms with Crippen molar-refractivity contribution in [2.75, 3.05) is 6.61 Å². The lowest BCUT2D eigenvalue weighted by molar-refractivity contribution is 0.269. The highest BCUT2D eigenvalue weighted by molar-refractivity contribution is 5.59. The third-order valence-corrected chi connectivity index (χ3v) is 2.23. The van der Waals surface area contributed by atoms with Crippen molar-refractivity contribution in [3.8, 4) is 11.4 Å². The number of aromatic nitrogens is 4. The van der Waals surface area contributed by atoms with Gasteiger partial charge in [-0.2, -0.15) is 0 Å². The molecule has 0 atom stereocenters. The first-order valence-corrected chi connectivity index (χ1v) is 4.76. The molecule has 0 radical (unpaired) electrons. The Bertz CT molecular complexity index is 452. The molecule has 0 unspecified atom stereocenters. The summed E-state index contributed by atoms with van der Waals surface area (Å²) in [6.07, 6.45) is 0. The molecule has 0 aliphatic heterocycles. The van der Waals surface area contributed by atoms with Gasteiger partial charge < -0.3 is 5.11 Å². The molecule has 5 heteroatoms. The molecule has 0 amide bonds. The van der Waals surface area contributed by atoms with Crippen molar-refractivity contribution in [3.05, 3.63) is 29.8 Å². The Morgan fingerprint density at radius 3 is 2.87 bits per heavy atom. The topological polar surface area (TPSA) is 63.8 Å². The Morgan fingerprint density at radius 1 is 1.33 bits per heavy atom. The zero-order chi connectivity index (χ0) is 10.7. The number of benzene rings is 1. The Hall–Kier alpha value is -1.75. The van der Waals surface area contributed by atoms with Gasteiger partial charge in [0.05, 0.1) is 13.2 Å². The normalized spacial score (nSPS) is 10.5. The highest BCUT2D eigenvalue weighted by Crippen LogP contribution is 2.19. The van der Waals surface area contributed by atoms with E-state index >= 15 is 0 Å². The summed E-state index contributed by atoms with van der Waals surface area (Å²) < 4.78 is 1.60. The minimum atomic E-state index is 0.0317. The van der Waals surface area contributed by atoms with Crippen molar-refractivity contribution < 1.29 is 5.11 Å². The number of hydrogen-bond acceptors (Lipinski definition) is 4. The highest BCUT2D eigenvalue weighted by atomic mass is 16.3. The van der Waals surface area contributed by atoms with E-state index in [0.29, 0.717) is 12.4 Å². The fraction of sp³-hybridized carbons (Fsp3) is 0.300. The first-order valence-electron chi connectivity index (χ1n) is 4.76. The largest absolute Gasteiger partial charge is 0.394 e. The van der Waals surface area contributed by atoms with Crippen LogP contribution in [0.1, 0.15) is 5.56 Å². The first-order chi connectivity index (χ1) is 7.33. The van der Waals surface area contributed by atoms with Crippen LogP contribution in [0.4, 0.5) is 0 Å². The van der Waals surface area contributed by atoms with Gasteiger partial charge in [0.1, 0.15) is 0 Å². The van der Waals surface area contributed by atoms with Crippen LogP contribution in [0, 0.1) is 6.92 Å². The highest BCUT2D eigenvalue weighted by Gasteiger charge is 2.09. The third-order valence-electron chi connectivity index (χ3n) is 2.23. The molecule has 0 bridgehead atoms. The van der Waals surface area contributed by atoms with Crippen molar-refractivity contribution in [2.24, 2.45) is 0 Å². The minimum absolute atomic E-state index is 0.0317. The molecular formula is C10H12N4O. The molecule has 0 saturated carbocycles. The summed E-state index contributed by atoms with van der Waals surface area (Å²) in [4.78, 5) is 0. The van der Waals surface area contributed by atoms with Crippen LogP contribution in [0.3, 0.4) is 0 Å². The third kappa shape index (κ3) is 1.87. The van der Waals surface area contributed by atoms with E-state index in [-0.39, 0.29) is 6.61 Å². The number of rotatable bonds is 3. The fourth-order valence-electron chi connectivity index (χ4n) is 1.47. The van der Waals surface area contributed by atoms with E-state index in [9.17, 15) is 0 Å². The second kappa shape index (κ2) is 4.18. The van der Waals surface area contributed by atoms with Crippen molar-refractivity contribution >= 4 is 0 Å². The summed E-state index contributed by atoms with van der Waals surface area (Å²) in [5.41, 5.74) is 2.11. The minimum Gasteiger partial charge on any atom is -0.394 e. The maximum absolute atomic E-state index is 8.86. The Kier molecular flexibility index (Phi) is 2.73. The molecular weight excluding hydrogens is 192 g/mol. The zero-order valence-electron chi connectivity index (χ0n) is 8.46. The van der Waals surface area contributed by atoms with Gasteiger partial charge in [0, 0.05) is 5.56 Å².